The second-order valence-electron chi connectivity index (χ2n) is 9.14. The minimum atomic E-state index is 0. The van der Waals surface area contributed by atoms with Crippen molar-refractivity contribution in [1.82, 2.24) is 20.4 Å². The lowest BCUT2D eigenvalue weighted by Gasteiger charge is -2.34. The molecule has 0 amide bonds. The fourth-order valence-corrected chi connectivity index (χ4v) is 4.54. The zero-order valence-corrected chi connectivity index (χ0v) is 21.7. The maximum atomic E-state index is 6.16. The molecule has 2 heterocycles. The Morgan fingerprint density at radius 2 is 1.85 bits per heavy atom. The van der Waals surface area contributed by atoms with Crippen LogP contribution in [0.4, 0.5) is 0 Å². The van der Waals surface area contributed by atoms with Crippen molar-refractivity contribution in [1.29, 1.82) is 0 Å². The molecule has 6 nitrogen and oxygen atoms in total. The molecule has 0 aliphatic carbocycles. The normalized spacial score (nSPS) is 17.7. The van der Waals surface area contributed by atoms with Gasteiger partial charge in [0.25, 0.3) is 0 Å². The molecule has 1 aromatic heterocycles. The number of halogens is 1. The van der Waals surface area contributed by atoms with E-state index in [2.05, 4.69) is 93.8 Å². The van der Waals surface area contributed by atoms with Gasteiger partial charge in [0, 0.05) is 29.9 Å². The lowest BCUT2D eigenvalue weighted by atomic mass is 9.92. The Hall–Kier alpha value is -2.38. The van der Waals surface area contributed by atoms with E-state index in [1.54, 1.807) is 0 Å². The summed E-state index contributed by atoms with van der Waals surface area (Å²) in [5.41, 5.74) is 7.08. The van der Waals surface area contributed by atoms with Gasteiger partial charge in [-0.2, -0.15) is 5.10 Å². The Morgan fingerprint density at radius 3 is 2.50 bits per heavy atom. The van der Waals surface area contributed by atoms with Gasteiger partial charge in [-0.1, -0.05) is 30.3 Å². The second kappa shape index (κ2) is 12.4. The standard InChI is InChI=1S/C27H36N4O.ClH.H2O/c1-18(2)32-26-14-13-24(31-21(5)19(3)20(4)30-31)16-23(26)17-29-25-12-9-15-28-27(25)22-10-7-6-8-11-22;;/h6-8,10-11,13-14,16,18,25,27-29H,9,12,15,17H2,1-5H3;1H;1H2/t25-,27-;;/m0../s1. The number of aromatic nitrogens is 2. The molecule has 0 bridgehead atoms. The van der Waals surface area contributed by atoms with Crippen molar-refractivity contribution in [3.63, 3.8) is 0 Å². The molecule has 0 spiro atoms. The summed E-state index contributed by atoms with van der Waals surface area (Å²) in [5.74, 6) is 0.939. The highest BCUT2D eigenvalue weighted by Crippen LogP contribution is 2.28. The first-order chi connectivity index (χ1) is 15.4. The Bertz CT molecular complexity index is 1050. The third kappa shape index (κ3) is 6.19. The Labute approximate surface area is 209 Å². The molecule has 7 heteroatoms. The SMILES string of the molecule is Cc1nn(-c2ccc(OC(C)C)c(CN[C@H]3CCCN[C@H]3c3ccccc3)c2)c(C)c1C.Cl.O. The second-order valence-corrected chi connectivity index (χ2v) is 9.14. The first-order valence-electron chi connectivity index (χ1n) is 11.8. The number of ether oxygens (including phenoxy) is 1. The van der Waals surface area contributed by atoms with E-state index in [0.29, 0.717) is 12.1 Å². The van der Waals surface area contributed by atoms with Crippen LogP contribution in [0.3, 0.4) is 0 Å². The summed E-state index contributed by atoms with van der Waals surface area (Å²) in [4.78, 5) is 0. The summed E-state index contributed by atoms with van der Waals surface area (Å²) in [5, 5.41) is 12.3. The summed E-state index contributed by atoms with van der Waals surface area (Å²) < 4.78 is 8.21. The molecule has 2 atom stereocenters. The smallest absolute Gasteiger partial charge is 0.124 e. The van der Waals surface area contributed by atoms with Crippen LogP contribution in [0.15, 0.2) is 48.5 Å². The number of nitrogens with zero attached hydrogens (tertiary/aromatic N) is 2. The van der Waals surface area contributed by atoms with Gasteiger partial charge >= 0.3 is 0 Å². The van der Waals surface area contributed by atoms with Crippen molar-refractivity contribution in [3.8, 4) is 11.4 Å². The lowest BCUT2D eigenvalue weighted by molar-refractivity contribution is 0.238. The van der Waals surface area contributed by atoms with Gasteiger partial charge < -0.3 is 20.8 Å². The van der Waals surface area contributed by atoms with E-state index in [0.717, 1.165) is 36.6 Å². The summed E-state index contributed by atoms with van der Waals surface area (Å²) in [6, 6.07) is 17.9. The molecule has 4 N–H and O–H groups in total. The van der Waals surface area contributed by atoms with Crippen LogP contribution in [0.25, 0.3) is 5.69 Å². The van der Waals surface area contributed by atoms with Crippen LogP contribution in [0, 0.1) is 20.8 Å². The number of aryl methyl sites for hydroxylation is 1. The van der Waals surface area contributed by atoms with Gasteiger partial charge in [-0.25, -0.2) is 4.68 Å². The Balaban J connectivity index is 0.00000204. The number of piperidine rings is 1. The molecular weight excluding hydrogens is 448 g/mol. The van der Waals surface area contributed by atoms with Crippen molar-refractivity contribution in [2.24, 2.45) is 0 Å². The van der Waals surface area contributed by atoms with E-state index in [1.807, 2.05) is 4.68 Å². The number of benzene rings is 2. The van der Waals surface area contributed by atoms with Crippen molar-refractivity contribution < 1.29 is 10.2 Å². The maximum absolute atomic E-state index is 6.16. The highest BCUT2D eigenvalue weighted by Gasteiger charge is 2.26. The number of nitrogens with one attached hydrogen (secondary N) is 2. The first kappa shape index (κ1) is 27.9. The van der Waals surface area contributed by atoms with E-state index in [1.165, 1.54) is 28.8 Å². The molecular formula is C27H39ClN4O2. The molecule has 0 saturated carbocycles. The minimum absolute atomic E-state index is 0. The van der Waals surface area contributed by atoms with E-state index in [4.69, 9.17) is 9.84 Å². The lowest BCUT2D eigenvalue weighted by Crippen LogP contribution is -2.45. The van der Waals surface area contributed by atoms with E-state index < -0.39 is 0 Å². The predicted molar refractivity (Wildman–Crippen MR) is 141 cm³/mol. The Kier molecular flexibility index (Phi) is 10.1. The van der Waals surface area contributed by atoms with Gasteiger partial charge in [0.1, 0.15) is 5.75 Å². The van der Waals surface area contributed by atoms with Crippen molar-refractivity contribution in [3.05, 3.63) is 76.6 Å². The largest absolute Gasteiger partial charge is 0.491 e. The summed E-state index contributed by atoms with van der Waals surface area (Å²) in [6.45, 7) is 12.3. The summed E-state index contributed by atoms with van der Waals surface area (Å²) in [6.07, 6.45) is 2.47. The number of rotatable bonds is 7. The molecule has 34 heavy (non-hydrogen) atoms. The van der Waals surface area contributed by atoms with Gasteiger partial charge in [-0.15, -0.1) is 12.4 Å². The molecule has 0 radical (unpaired) electrons. The number of hydrogen-bond acceptors (Lipinski definition) is 4. The van der Waals surface area contributed by atoms with Crippen molar-refractivity contribution >= 4 is 12.4 Å². The van der Waals surface area contributed by atoms with Crippen LogP contribution in [0.1, 0.15) is 60.8 Å². The summed E-state index contributed by atoms with van der Waals surface area (Å²) >= 11 is 0. The summed E-state index contributed by atoms with van der Waals surface area (Å²) in [7, 11) is 0. The molecule has 1 saturated heterocycles. The molecule has 2 aromatic carbocycles. The van der Waals surface area contributed by atoms with E-state index >= 15 is 0 Å². The molecule has 4 rings (SSSR count). The van der Waals surface area contributed by atoms with Crippen LogP contribution in [0.5, 0.6) is 5.75 Å². The topological polar surface area (TPSA) is 82.6 Å². The van der Waals surface area contributed by atoms with Crippen molar-refractivity contribution in [2.75, 3.05) is 6.54 Å². The zero-order valence-electron chi connectivity index (χ0n) is 20.9. The fourth-order valence-electron chi connectivity index (χ4n) is 4.54. The van der Waals surface area contributed by atoms with Crippen LogP contribution >= 0.6 is 12.4 Å². The van der Waals surface area contributed by atoms with Gasteiger partial charge in [0.05, 0.1) is 17.5 Å². The predicted octanol–water partition coefficient (Wildman–Crippen LogP) is 4.76. The third-order valence-corrected chi connectivity index (χ3v) is 6.48. The van der Waals surface area contributed by atoms with Gasteiger partial charge in [0.15, 0.2) is 0 Å². The molecule has 1 aliphatic heterocycles. The average molecular weight is 487 g/mol. The monoisotopic (exact) mass is 486 g/mol. The van der Waals surface area contributed by atoms with Gasteiger partial charge in [-0.3, -0.25) is 0 Å². The van der Waals surface area contributed by atoms with Crippen LogP contribution < -0.4 is 15.4 Å². The minimum Gasteiger partial charge on any atom is -0.491 e. The van der Waals surface area contributed by atoms with Gasteiger partial charge in [0.2, 0.25) is 0 Å². The van der Waals surface area contributed by atoms with E-state index in [-0.39, 0.29) is 24.0 Å². The molecule has 3 aromatic rings. The van der Waals surface area contributed by atoms with Crippen molar-refractivity contribution in [2.45, 2.75) is 72.2 Å². The van der Waals surface area contributed by atoms with Crippen LogP contribution in [-0.4, -0.2) is 33.9 Å². The molecule has 0 unspecified atom stereocenters. The van der Waals surface area contributed by atoms with Crippen LogP contribution in [0.2, 0.25) is 0 Å². The third-order valence-electron chi connectivity index (χ3n) is 6.48. The Morgan fingerprint density at radius 1 is 1.12 bits per heavy atom. The quantitative estimate of drug-likeness (QED) is 0.504. The first-order valence-corrected chi connectivity index (χ1v) is 11.8. The van der Waals surface area contributed by atoms with Gasteiger partial charge in [-0.05, 0) is 83.3 Å². The maximum Gasteiger partial charge on any atom is 0.124 e. The average Bonchev–Trinajstić information content (AvgIpc) is 3.06. The molecule has 186 valence electrons. The highest BCUT2D eigenvalue weighted by atomic mass is 35.5. The number of hydrogen-bond donors (Lipinski definition) is 2. The molecule has 1 aliphatic rings. The van der Waals surface area contributed by atoms with E-state index in [9.17, 15) is 0 Å². The molecule has 1 fully saturated rings. The van der Waals surface area contributed by atoms with Crippen LogP contribution in [-0.2, 0) is 6.54 Å². The zero-order chi connectivity index (χ0) is 22.7. The highest BCUT2D eigenvalue weighted by molar-refractivity contribution is 5.85. The fraction of sp³-hybridized carbons (Fsp3) is 0.444.